The first-order valence-electron chi connectivity index (χ1n) is 7.26. The Morgan fingerprint density at radius 1 is 1.14 bits per heavy atom. The maximum atomic E-state index is 12.7. The molecule has 0 aliphatic heterocycles. The fourth-order valence-corrected chi connectivity index (χ4v) is 3.67. The number of fused-ring (bicyclic) bond motifs is 2. The largest absolute Gasteiger partial charge is 0.550 e. The van der Waals surface area contributed by atoms with Gasteiger partial charge in [0.1, 0.15) is 0 Å². The Bertz CT molecular complexity index is 581. The number of nitrogens with zero attached hydrogens (tertiary/aromatic N) is 1. The van der Waals surface area contributed by atoms with Crippen molar-refractivity contribution in [1.29, 1.82) is 0 Å². The van der Waals surface area contributed by atoms with Crippen molar-refractivity contribution in [3.8, 4) is 0 Å². The fourth-order valence-electron chi connectivity index (χ4n) is 3.67. The third-order valence-electron chi connectivity index (χ3n) is 4.66. The fraction of sp³-hybridized carbons (Fsp3) is 0.412. The van der Waals surface area contributed by atoms with Crippen molar-refractivity contribution >= 4 is 11.9 Å². The lowest BCUT2D eigenvalue weighted by molar-refractivity contribution is -0.313. The summed E-state index contributed by atoms with van der Waals surface area (Å²) in [6.45, 7) is 0.497. The van der Waals surface area contributed by atoms with Crippen LogP contribution in [0.5, 0.6) is 0 Å². The lowest BCUT2D eigenvalue weighted by Gasteiger charge is -2.31. The number of benzene rings is 1. The minimum absolute atomic E-state index is 0.0425. The molecular weight excluding hydrogens is 266 g/mol. The van der Waals surface area contributed by atoms with Gasteiger partial charge in [-0.15, -0.1) is 0 Å². The summed E-state index contributed by atoms with van der Waals surface area (Å²) >= 11 is 0. The molecule has 1 aromatic rings. The van der Waals surface area contributed by atoms with Crippen molar-refractivity contribution in [2.24, 2.45) is 23.7 Å². The number of carboxylic acid groups (broad SMARTS) is 1. The van der Waals surface area contributed by atoms with Crippen LogP contribution in [-0.4, -0.2) is 23.8 Å². The van der Waals surface area contributed by atoms with Gasteiger partial charge in [-0.25, -0.2) is 0 Å². The number of rotatable bonds is 4. The summed E-state index contributed by atoms with van der Waals surface area (Å²) in [5.41, 5.74) is 1.04. The van der Waals surface area contributed by atoms with Crippen LogP contribution in [0.25, 0.3) is 0 Å². The van der Waals surface area contributed by atoms with Crippen molar-refractivity contribution in [1.82, 2.24) is 4.90 Å². The Labute approximate surface area is 124 Å². The standard InChI is InChI=1S/C17H19NO3/c1-18(10-11-5-3-2-4-6-11)16(19)14-12-7-8-13(9-12)15(14)17(20)21/h2-8,12-15H,9-10H2,1H3,(H,20,21)/p-1/t12-,13+,14-,15+/m1/s1. The van der Waals surface area contributed by atoms with Gasteiger partial charge >= 0.3 is 0 Å². The van der Waals surface area contributed by atoms with Crippen LogP contribution in [0.4, 0.5) is 0 Å². The summed E-state index contributed by atoms with van der Waals surface area (Å²) in [7, 11) is 1.73. The number of hydrogen-bond donors (Lipinski definition) is 0. The zero-order valence-electron chi connectivity index (χ0n) is 11.9. The molecule has 2 aliphatic carbocycles. The molecule has 0 unspecified atom stereocenters. The molecule has 1 fully saturated rings. The molecule has 2 bridgehead atoms. The number of aliphatic carboxylic acids is 1. The van der Waals surface area contributed by atoms with Gasteiger partial charge in [-0.2, -0.15) is 0 Å². The molecule has 1 saturated carbocycles. The number of carbonyl (C=O) groups excluding carboxylic acids is 2. The molecule has 0 spiro atoms. The molecule has 0 radical (unpaired) electrons. The first kappa shape index (κ1) is 13.9. The molecule has 4 nitrogen and oxygen atoms in total. The number of hydrogen-bond acceptors (Lipinski definition) is 3. The Balaban J connectivity index is 1.75. The van der Waals surface area contributed by atoms with E-state index in [0.29, 0.717) is 6.54 Å². The monoisotopic (exact) mass is 284 g/mol. The Morgan fingerprint density at radius 3 is 2.38 bits per heavy atom. The predicted molar refractivity (Wildman–Crippen MR) is 75.6 cm³/mol. The normalized spacial score (nSPS) is 29.6. The van der Waals surface area contributed by atoms with Crippen LogP contribution in [0, 0.1) is 23.7 Å². The van der Waals surface area contributed by atoms with E-state index in [4.69, 9.17) is 0 Å². The zero-order chi connectivity index (χ0) is 15.0. The van der Waals surface area contributed by atoms with Gasteiger partial charge in [0.15, 0.2) is 0 Å². The topological polar surface area (TPSA) is 60.4 Å². The van der Waals surface area contributed by atoms with Crippen molar-refractivity contribution in [3.63, 3.8) is 0 Å². The molecule has 21 heavy (non-hydrogen) atoms. The Hall–Kier alpha value is -2.10. The van der Waals surface area contributed by atoms with Crippen molar-refractivity contribution in [3.05, 3.63) is 48.0 Å². The molecule has 0 heterocycles. The van der Waals surface area contributed by atoms with E-state index in [1.807, 2.05) is 42.5 Å². The smallest absolute Gasteiger partial charge is 0.227 e. The van der Waals surface area contributed by atoms with Gasteiger partial charge in [0, 0.05) is 25.5 Å². The van der Waals surface area contributed by atoms with Crippen LogP contribution in [0.1, 0.15) is 12.0 Å². The van der Waals surface area contributed by atoms with E-state index >= 15 is 0 Å². The van der Waals surface area contributed by atoms with E-state index in [1.165, 1.54) is 0 Å². The highest BCUT2D eigenvalue weighted by Crippen LogP contribution is 2.48. The van der Waals surface area contributed by atoms with Crippen LogP contribution >= 0.6 is 0 Å². The number of allylic oxidation sites excluding steroid dienone is 2. The molecule has 0 N–H and O–H groups in total. The molecule has 1 amide bonds. The van der Waals surface area contributed by atoms with E-state index in [1.54, 1.807) is 11.9 Å². The maximum Gasteiger partial charge on any atom is 0.227 e. The van der Waals surface area contributed by atoms with Gasteiger partial charge in [-0.1, -0.05) is 42.5 Å². The molecule has 3 rings (SSSR count). The van der Waals surface area contributed by atoms with Gasteiger partial charge in [0.2, 0.25) is 5.91 Å². The van der Waals surface area contributed by atoms with E-state index in [2.05, 4.69) is 0 Å². The summed E-state index contributed by atoms with van der Waals surface area (Å²) < 4.78 is 0. The average molecular weight is 284 g/mol. The van der Waals surface area contributed by atoms with E-state index in [-0.39, 0.29) is 17.7 Å². The third kappa shape index (κ3) is 2.46. The van der Waals surface area contributed by atoms with Crippen molar-refractivity contribution in [2.75, 3.05) is 7.05 Å². The minimum Gasteiger partial charge on any atom is -0.550 e. The SMILES string of the molecule is CN(Cc1ccccc1)C(=O)[C@H]1[C@@H](C(=O)[O-])[C@H]2C=C[C@@H]1C2. The summed E-state index contributed by atoms with van der Waals surface area (Å²) in [4.78, 5) is 25.7. The molecule has 4 heteroatoms. The van der Waals surface area contributed by atoms with Gasteiger partial charge < -0.3 is 14.8 Å². The third-order valence-corrected chi connectivity index (χ3v) is 4.66. The summed E-state index contributed by atoms with van der Waals surface area (Å²) in [5.74, 6) is -2.34. The summed E-state index contributed by atoms with van der Waals surface area (Å²) in [5, 5.41) is 11.4. The van der Waals surface area contributed by atoms with Crippen LogP contribution in [0.15, 0.2) is 42.5 Å². The first-order valence-corrected chi connectivity index (χ1v) is 7.26. The highest BCUT2D eigenvalue weighted by Gasteiger charge is 2.49. The molecule has 110 valence electrons. The van der Waals surface area contributed by atoms with E-state index in [0.717, 1.165) is 12.0 Å². The summed E-state index contributed by atoms with van der Waals surface area (Å²) in [6.07, 6.45) is 4.67. The van der Waals surface area contributed by atoms with Gasteiger partial charge in [-0.3, -0.25) is 4.79 Å². The van der Waals surface area contributed by atoms with Gasteiger partial charge in [0.25, 0.3) is 0 Å². The lowest BCUT2D eigenvalue weighted by Crippen LogP contribution is -2.45. The molecule has 0 aromatic heterocycles. The quantitative estimate of drug-likeness (QED) is 0.770. The number of carbonyl (C=O) groups is 2. The van der Waals surface area contributed by atoms with Crippen LogP contribution < -0.4 is 5.11 Å². The lowest BCUT2D eigenvalue weighted by atomic mass is 9.82. The molecular formula is C17H18NO3-. The first-order chi connectivity index (χ1) is 10.1. The zero-order valence-corrected chi connectivity index (χ0v) is 11.9. The maximum absolute atomic E-state index is 12.7. The number of amides is 1. The second kappa shape index (κ2) is 5.35. The molecule has 0 saturated heterocycles. The average Bonchev–Trinajstić information content (AvgIpc) is 3.08. The Morgan fingerprint density at radius 2 is 1.76 bits per heavy atom. The minimum atomic E-state index is -1.10. The van der Waals surface area contributed by atoms with E-state index < -0.39 is 17.8 Å². The molecule has 4 atom stereocenters. The van der Waals surface area contributed by atoms with Crippen LogP contribution in [0.3, 0.4) is 0 Å². The number of carboxylic acids is 1. The predicted octanol–water partition coefficient (Wildman–Crippen LogP) is 0.833. The van der Waals surface area contributed by atoms with Crippen LogP contribution in [0.2, 0.25) is 0 Å². The molecule has 1 aromatic carbocycles. The second-order valence-corrected chi connectivity index (χ2v) is 6.00. The molecule has 2 aliphatic rings. The Kier molecular flexibility index (Phi) is 3.53. The van der Waals surface area contributed by atoms with Gasteiger partial charge in [-0.05, 0) is 23.8 Å². The second-order valence-electron chi connectivity index (χ2n) is 6.00. The highest BCUT2D eigenvalue weighted by molar-refractivity contribution is 5.86. The van der Waals surface area contributed by atoms with Gasteiger partial charge in [0.05, 0.1) is 5.92 Å². The van der Waals surface area contributed by atoms with Crippen molar-refractivity contribution in [2.45, 2.75) is 13.0 Å². The van der Waals surface area contributed by atoms with Crippen molar-refractivity contribution < 1.29 is 14.7 Å². The van der Waals surface area contributed by atoms with E-state index in [9.17, 15) is 14.7 Å². The highest BCUT2D eigenvalue weighted by atomic mass is 16.4. The summed E-state index contributed by atoms with van der Waals surface area (Å²) in [6, 6.07) is 9.70. The van der Waals surface area contributed by atoms with Crippen LogP contribution in [-0.2, 0) is 16.1 Å².